The topological polar surface area (TPSA) is 81.4 Å². The van der Waals surface area contributed by atoms with E-state index in [-0.39, 0.29) is 30.2 Å². The van der Waals surface area contributed by atoms with Crippen LogP contribution < -0.4 is 0 Å². The zero-order chi connectivity index (χ0) is 25.5. The molecule has 2 fully saturated rings. The van der Waals surface area contributed by atoms with Gasteiger partial charge in [-0.25, -0.2) is 4.98 Å². The highest BCUT2D eigenvalue weighted by atomic mass is 16.5. The number of nitrogens with zero attached hydrogens (tertiary/aromatic N) is 2. The van der Waals surface area contributed by atoms with E-state index in [0.29, 0.717) is 18.3 Å². The SMILES string of the molecule is Cc1nc2cc([C@@H]3C[C@@H]4C[C@H]4CCC[C@H](C)C(O)[C@@H](C)C(=O)C(C)(C)CCC(=O)O3)ccc2n1C. The van der Waals surface area contributed by atoms with Gasteiger partial charge in [-0.05, 0) is 68.1 Å². The summed E-state index contributed by atoms with van der Waals surface area (Å²) < 4.78 is 8.15. The summed E-state index contributed by atoms with van der Waals surface area (Å²) in [6, 6.07) is 6.20. The Morgan fingerprint density at radius 1 is 1.11 bits per heavy atom. The number of fused-ring (bicyclic) bond motifs is 2. The number of cyclic esters (lactones) is 1. The van der Waals surface area contributed by atoms with Crippen molar-refractivity contribution in [2.75, 3.05) is 0 Å². The van der Waals surface area contributed by atoms with Crippen LogP contribution in [-0.4, -0.2) is 32.5 Å². The molecule has 1 unspecified atom stereocenters. The number of carbonyl (C=O) groups excluding carboxylic acids is 2. The van der Waals surface area contributed by atoms with Crippen molar-refractivity contribution in [3.63, 3.8) is 0 Å². The van der Waals surface area contributed by atoms with Gasteiger partial charge in [0.15, 0.2) is 0 Å². The molecule has 192 valence electrons. The summed E-state index contributed by atoms with van der Waals surface area (Å²) in [5, 5.41) is 10.8. The molecule has 1 N–H and O–H groups in total. The van der Waals surface area contributed by atoms with Gasteiger partial charge in [0.2, 0.25) is 0 Å². The number of carbonyl (C=O) groups is 2. The van der Waals surface area contributed by atoms with Crippen LogP contribution in [0.1, 0.15) is 90.1 Å². The van der Waals surface area contributed by atoms with Crippen LogP contribution in [0.25, 0.3) is 11.0 Å². The Balaban J connectivity index is 1.56. The molecule has 0 spiro atoms. The van der Waals surface area contributed by atoms with E-state index < -0.39 is 17.4 Å². The first-order chi connectivity index (χ1) is 16.5. The number of ether oxygens (including phenoxy) is 1. The Morgan fingerprint density at radius 2 is 1.86 bits per heavy atom. The van der Waals surface area contributed by atoms with E-state index in [0.717, 1.165) is 54.5 Å². The van der Waals surface area contributed by atoms with E-state index >= 15 is 0 Å². The standard InChI is InChI=1S/C29H42N2O4/c1-17-8-7-9-20-14-22(20)16-25(21-10-11-24-23(15-21)30-19(3)31(24)6)35-26(32)12-13-29(4,5)28(34)18(2)27(17)33/h10-11,15,17-18,20,22,25,27,33H,7-9,12-14,16H2,1-6H3/t17-,18+,20+,22-,25-,27?/m0/s1. The smallest absolute Gasteiger partial charge is 0.306 e. The first kappa shape index (κ1) is 25.9. The number of aromatic nitrogens is 2. The molecule has 0 bridgehead atoms. The number of hydrogen-bond acceptors (Lipinski definition) is 5. The molecule has 2 heterocycles. The Morgan fingerprint density at radius 3 is 2.60 bits per heavy atom. The van der Waals surface area contributed by atoms with Gasteiger partial charge in [0.1, 0.15) is 17.7 Å². The second-order valence-corrected chi connectivity index (χ2v) is 11.9. The van der Waals surface area contributed by atoms with Gasteiger partial charge in [-0.3, -0.25) is 9.59 Å². The predicted molar refractivity (Wildman–Crippen MR) is 137 cm³/mol. The molecule has 2 aromatic rings. The van der Waals surface area contributed by atoms with Crippen molar-refractivity contribution in [1.82, 2.24) is 9.55 Å². The number of aliphatic hydroxyl groups is 1. The summed E-state index contributed by atoms with van der Waals surface area (Å²) in [5.74, 6) is 1.55. The molecule has 1 saturated carbocycles. The first-order valence-corrected chi connectivity index (χ1v) is 13.3. The molecule has 1 aromatic carbocycles. The first-order valence-electron chi connectivity index (χ1n) is 13.3. The Kier molecular flexibility index (Phi) is 7.42. The van der Waals surface area contributed by atoms with Crippen molar-refractivity contribution < 1.29 is 19.4 Å². The van der Waals surface area contributed by atoms with Crippen LogP contribution in [0.4, 0.5) is 0 Å². The van der Waals surface area contributed by atoms with E-state index in [2.05, 4.69) is 34.7 Å². The van der Waals surface area contributed by atoms with Gasteiger partial charge in [-0.2, -0.15) is 0 Å². The third-order valence-corrected chi connectivity index (χ3v) is 8.72. The monoisotopic (exact) mass is 482 g/mol. The van der Waals surface area contributed by atoms with Gasteiger partial charge >= 0.3 is 5.97 Å². The number of aryl methyl sites for hydroxylation is 2. The Hall–Kier alpha value is -2.21. The summed E-state index contributed by atoms with van der Waals surface area (Å²) >= 11 is 0. The summed E-state index contributed by atoms with van der Waals surface area (Å²) in [7, 11) is 2.01. The molecule has 35 heavy (non-hydrogen) atoms. The summed E-state index contributed by atoms with van der Waals surface area (Å²) in [5.41, 5.74) is 2.29. The lowest BCUT2D eigenvalue weighted by atomic mass is 9.74. The fourth-order valence-corrected chi connectivity index (χ4v) is 5.91. The fourth-order valence-electron chi connectivity index (χ4n) is 5.91. The Labute approximate surface area is 209 Å². The van der Waals surface area contributed by atoms with Crippen molar-refractivity contribution in [3.05, 3.63) is 29.6 Å². The predicted octanol–water partition coefficient (Wildman–Crippen LogP) is 5.68. The average molecular weight is 483 g/mol. The maximum Gasteiger partial charge on any atom is 0.306 e. The van der Waals surface area contributed by atoms with Crippen LogP contribution in [0.15, 0.2) is 18.2 Å². The molecule has 1 aliphatic heterocycles. The van der Waals surface area contributed by atoms with Crippen LogP contribution >= 0.6 is 0 Å². The number of hydrogen-bond donors (Lipinski definition) is 1. The van der Waals surface area contributed by atoms with Gasteiger partial charge in [0.05, 0.1) is 17.1 Å². The van der Waals surface area contributed by atoms with Crippen molar-refractivity contribution in [3.8, 4) is 0 Å². The van der Waals surface area contributed by atoms with E-state index in [1.807, 2.05) is 34.7 Å². The van der Waals surface area contributed by atoms with E-state index in [4.69, 9.17) is 4.74 Å². The van der Waals surface area contributed by atoms with Gasteiger partial charge in [0.25, 0.3) is 0 Å². The zero-order valence-corrected chi connectivity index (χ0v) is 22.2. The number of aliphatic hydroxyl groups excluding tert-OH is 1. The number of rotatable bonds is 1. The van der Waals surface area contributed by atoms with Crippen molar-refractivity contribution in [2.45, 2.75) is 91.8 Å². The third-order valence-electron chi connectivity index (χ3n) is 8.72. The number of esters is 1. The second kappa shape index (κ2) is 10.0. The number of benzene rings is 1. The number of Topliss-reactive ketones (excluding diaryl/α,β-unsaturated/α-hetero) is 1. The van der Waals surface area contributed by atoms with Crippen molar-refractivity contribution >= 4 is 22.8 Å². The lowest BCUT2D eigenvalue weighted by molar-refractivity contribution is -0.151. The molecule has 6 atom stereocenters. The highest BCUT2D eigenvalue weighted by Gasteiger charge is 2.41. The van der Waals surface area contributed by atoms with Crippen LogP contribution in [-0.2, 0) is 21.4 Å². The lowest BCUT2D eigenvalue weighted by Gasteiger charge is -2.31. The van der Waals surface area contributed by atoms with Crippen molar-refractivity contribution in [1.29, 1.82) is 0 Å². The van der Waals surface area contributed by atoms with Gasteiger partial charge in [0, 0.05) is 24.8 Å². The van der Waals surface area contributed by atoms with Crippen LogP contribution in [0.2, 0.25) is 0 Å². The molecular formula is C29H42N2O4. The minimum Gasteiger partial charge on any atom is -0.457 e. The molecule has 1 saturated heterocycles. The molecule has 4 rings (SSSR count). The fraction of sp³-hybridized carbons (Fsp3) is 0.690. The van der Waals surface area contributed by atoms with E-state index in [9.17, 15) is 14.7 Å². The van der Waals surface area contributed by atoms with E-state index in [1.165, 1.54) is 0 Å². The molecule has 6 heteroatoms. The molecule has 1 aliphatic carbocycles. The maximum absolute atomic E-state index is 13.2. The molecule has 6 nitrogen and oxygen atoms in total. The minimum atomic E-state index is -0.697. The van der Waals surface area contributed by atoms with Crippen LogP contribution in [0, 0.1) is 36.0 Å². The molecule has 0 radical (unpaired) electrons. The van der Waals surface area contributed by atoms with Gasteiger partial charge < -0.3 is 14.4 Å². The minimum absolute atomic E-state index is 0.0199. The molecule has 0 amide bonds. The average Bonchev–Trinajstić information content (AvgIpc) is 3.50. The van der Waals surface area contributed by atoms with Gasteiger partial charge in [-0.1, -0.05) is 46.6 Å². The summed E-state index contributed by atoms with van der Waals surface area (Å²) in [6.45, 7) is 9.63. The summed E-state index contributed by atoms with van der Waals surface area (Å²) in [4.78, 5) is 30.9. The molecular weight excluding hydrogens is 440 g/mol. The van der Waals surface area contributed by atoms with E-state index in [1.54, 1.807) is 0 Å². The van der Waals surface area contributed by atoms with Crippen LogP contribution in [0.3, 0.4) is 0 Å². The highest BCUT2D eigenvalue weighted by Crippen LogP contribution is 2.49. The zero-order valence-electron chi connectivity index (χ0n) is 22.2. The molecule has 1 aromatic heterocycles. The van der Waals surface area contributed by atoms with Gasteiger partial charge in [-0.15, -0.1) is 0 Å². The van der Waals surface area contributed by atoms with Crippen LogP contribution in [0.5, 0.6) is 0 Å². The normalized spacial score (nSPS) is 32.8. The Bertz CT molecular complexity index is 1090. The maximum atomic E-state index is 13.2. The largest absolute Gasteiger partial charge is 0.457 e. The molecule has 2 aliphatic rings. The second-order valence-electron chi connectivity index (χ2n) is 11.9. The quantitative estimate of drug-likeness (QED) is 0.529. The highest BCUT2D eigenvalue weighted by molar-refractivity contribution is 5.87. The lowest BCUT2D eigenvalue weighted by Crippen LogP contribution is -2.39. The van der Waals surface area contributed by atoms with Crippen molar-refractivity contribution in [2.24, 2.45) is 36.1 Å². The summed E-state index contributed by atoms with van der Waals surface area (Å²) in [6.07, 6.45) is 4.74. The third kappa shape index (κ3) is 5.63. The number of imidazole rings is 1. The number of ketones is 1.